The van der Waals surface area contributed by atoms with E-state index in [1.54, 1.807) is 13.1 Å². The van der Waals surface area contributed by atoms with Crippen LogP contribution >= 0.6 is 0 Å². The average Bonchev–Trinajstić information content (AvgIpc) is 2.43. The van der Waals surface area contributed by atoms with Gasteiger partial charge in [-0.3, -0.25) is 0 Å². The Bertz CT molecular complexity index is 577. The molecule has 0 unspecified atom stereocenters. The Hall–Kier alpha value is -2.50. The van der Waals surface area contributed by atoms with E-state index < -0.39 is 0 Å². The van der Waals surface area contributed by atoms with Gasteiger partial charge in [0.2, 0.25) is 0 Å². The number of nitrogen functional groups attached to an aromatic ring is 1. The number of hydrogen-bond donors (Lipinski definition) is 3. The normalized spacial score (nSPS) is 9.40. The number of aromatic nitrogens is 3. The highest BCUT2D eigenvalue weighted by atomic mass is 15.1. The minimum atomic E-state index is 0.284. The molecule has 0 atom stereocenters. The van der Waals surface area contributed by atoms with E-state index in [4.69, 9.17) is 11.1 Å². The minimum Gasteiger partial charge on any atom is -0.383 e. The van der Waals surface area contributed by atoms with Crippen molar-refractivity contribution < 1.29 is 0 Å². The number of rotatable bonds is 3. The molecule has 0 bridgehead atoms. The molecule has 106 valence electrons. The quantitative estimate of drug-likeness (QED) is 0.746. The third kappa shape index (κ3) is 3.74. The first-order valence-corrected chi connectivity index (χ1v) is 6.43. The fraction of sp³-hybridized carbons (Fsp3) is 0.286. The third-order valence-corrected chi connectivity index (χ3v) is 2.41. The van der Waals surface area contributed by atoms with Crippen molar-refractivity contribution in [1.29, 1.82) is 5.41 Å². The molecule has 0 saturated heterocycles. The van der Waals surface area contributed by atoms with Crippen LogP contribution in [0.25, 0.3) is 0 Å². The van der Waals surface area contributed by atoms with Crippen LogP contribution in [0.4, 0.5) is 17.5 Å². The molecule has 6 heteroatoms. The Balaban J connectivity index is 0.000000956. The summed E-state index contributed by atoms with van der Waals surface area (Å²) in [6.45, 7) is 7.61. The van der Waals surface area contributed by atoms with Gasteiger partial charge >= 0.3 is 0 Å². The molecule has 0 amide bonds. The molecule has 4 N–H and O–H groups in total. The van der Waals surface area contributed by atoms with E-state index in [0.29, 0.717) is 22.9 Å². The van der Waals surface area contributed by atoms with Crippen molar-refractivity contribution in [3.63, 3.8) is 0 Å². The zero-order chi connectivity index (χ0) is 15.1. The van der Waals surface area contributed by atoms with Crippen LogP contribution in [0.15, 0.2) is 24.7 Å². The fourth-order valence-corrected chi connectivity index (χ4v) is 1.53. The van der Waals surface area contributed by atoms with Crippen LogP contribution in [0.5, 0.6) is 0 Å². The highest BCUT2D eigenvalue weighted by Crippen LogP contribution is 2.20. The fourth-order valence-electron chi connectivity index (χ4n) is 1.53. The van der Waals surface area contributed by atoms with E-state index >= 15 is 0 Å². The Labute approximate surface area is 119 Å². The molecule has 2 heterocycles. The number of nitrogens with two attached hydrogens (primary N) is 1. The van der Waals surface area contributed by atoms with Gasteiger partial charge in [0, 0.05) is 11.9 Å². The second-order valence-electron chi connectivity index (χ2n) is 3.95. The maximum absolute atomic E-state index is 7.70. The largest absolute Gasteiger partial charge is 0.383 e. The number of hydrogen-bond acceptors (Lipinski definition) is 6. The van der Waals surface area contributed by atoms with Crippen molar-refractivity contribution in [2.75, 3.05) is 11.1 Å². The molecule has 0 aliphatic rings. The van der Waals surface area contributed by atoms with E-state index in [2.05, 4.69) is 20.3 Å². The van der Waals surface area contributed by atoms with Crippen LogP contribution in [0.2, 0.25) is 0 Å². The molecule has 0 radical (unpaired) electrons. The summed E-state index contributed by atoms with van der Waals surface area (Å²) in [5, 5.41) is 10.7. The summed E-state index contributed by atoms with van der Waals surface area (Å²) in [6, 6.07) is 3.79. The standard InChI is InChI=1S/C12H14N6.C2H6/c1-7-3-4-9(15-5-7)18-12-10(8(2)13)11(14)16-6-17-12;1-2/h3-6,13H,1-2H3,(H3,14,15,16,17,18);1-2H3. The minimum absolute atomic E-state index is 0.284. The monoisotopic (exact) mass is 272 g/mol. The average molecular weight is 272 g/mol. The zero-order valence-electron chi connectivity index (χ0n) is 12.2. The summed E-state index contributed by atoms with van der Waals surface area (Å²) < 4.78 is 0. The van der Waals surface area contributed by atoms with Crippen molar-refractivity contribution in [2.24, 2.45) is 0 Å². The summed E-state index contributed by atoms with van der Waals surface area (Å²) in [5.74, 6) is 1.43. The maximum Gasteiger partial charge on any atom is 0.146 e. The van der Waals surface area contributed by atoms with Crippen molar-refractivity contribution in [1.82, 2.24) is 15.0 Å². The Morgan fingerprint density at radius 1 is 1.20 bits per heavy atom. The van der Waals surface area contributed by atoms with Crippen LogP contribution in [-0.4, -0.2) is 20.7 Å². The van der Waals surface area contributed by atoms with Crippen molar-refractivity contribution >= 4 is 23.2 Å². The van der Waals surface area contributed by atoms with Crippen LogP contribution in [0, 0.1) is 12.3 Å². The number of aryl methyl sites for hydroxylation is 1. The molecule has 2 aromatic rings. The summed E-state index contributed by atoms with van der Waals surface area (Å²) in [7, 11) is 0. The molecule has 20 heavy (non-hydrogen) atoms. The van der Waals surface area contributed by atoms with Gasteiger partial charge in [-0.05, 0) is 25.5 Å². The van der Waals surface area contributed by atoms with Gasteiger partial charge in [0.25, 0.3) is 0 Å². The Morgan fingerprint density at radius 3 is 2.45 bits per heavy atom. The summed E-state index contributed by atoms with van der Waals surface area (Å²) in [6.07, 6.45) is 3.11. The molecule has 0 spiro atoms. The topological polar surface area (TPSA) is 101 Å². The molecule has 0 fully saturated rings. The lowest BCUT2D eigenvalue weighted by molar-refractivity contribution is 1.15. The van der Waals surface area contributed by atoms with Gasteiger partial charge < -0.3 is 16.5 Å². The smallest absolute Gasteiger partial charge is 0.146 e. The highest BCUT2D eigenvalue weighted by Gasteiger charge is 2.11. The lowest BCUT2D eigenvalue weighted by Gasteiger charge is -2.10. The van der Waals surface area contributed by atoms with E-state index in [-0.39, 0.29) is 5.82 Å². The van der Waals surface area contributed by atoms with E-state index in [1.807, 2.05) is 32.9 Å². The number of pyridine rings is 1. The third-order valence-electron chi connectivity index (χ3n) is 2.41. The number of nitrogens with one attached hydrogen (secondary N) is 2. The van der Waals surface area contributed by atoms with Gasteiger partial charge in [0.05, 0.1) is 5.56 Å². The molecular weight excluding hydrogens is 252 g/mol. The number of anilines is 3. The highest BCUT2D eigenvalue weighted by molar-refractivity contribution is 6.04. The lowest BCUT2D eigenvalue weighted by Crippen LogP contribution is -2.09. The van der Waals surface area contributed by atoms with E-state index in [0.717, 1.165) is 5.56 Å². The van der Waals surface area contributed by atoms with Crippen LogP contribution < -0.4 is 11.1 Å². The molecule has 0 aliphatic heterocycles. The second kappa shape index (κ2) is 7.18. The van der Waals surface area contributed by atoms with Gasteiger partial charge in [0.1, 0.15) is 23.8 Å². The Kier molecular flexibility index (Phi) is 5.58. The van der Waals surface area contributed by atoms with Crippen LogP contribution in [0.1, 0.15) is 31.9 Å². The molecule has 2 rings (SSSR count). The van der Waals surface area contributed by atoms with E-state index in [9.17, 15) is 0 Å². The molecule has 0 aromatic carbocycles. The molecule has 0 aliphatic carbocycles. The first kappa shape index (κ1) is 15.6. The van der Waals surface area contributed by atoms with Gasteiger partial charge in [-0.1, -0.05) is 19.9 Å². The second-order valence-corrected chi connectivity index (χ2v) is 3.95. The molecular formula is C14H20N6. The van der Waals surface area contributed by atoms with Gasteiger partial charge in [-0.25, -0.2) is 15.0 Å². The summed E-state index contributed by atoms with van der Waals surface area (Å²) in [5.41, 5.74) is 7.63. The number of nitrogens with zero attached hydrogens (tertiary/aromatic N) is 3. The maximum atomic E-state index is 7.70. The van der Waals surface area contributed by atoms with Crippen molar-refractivity contribution in [2.45, 2.75) is 27.7 Å². The molecule has 0 saturated carbocycles. The summed E-state index contributed by atoms with van der Waals surface area (Å²) >= 11 is 0. The SMILES string of the molecule is CC.CC(=N)c1c(N)ncnc1Nc1ccc(C)cn1. The first-order chi connectivity index (χ1) is 9.58. The predicted molar refractivity (Wildman–Crippen MR) is 82.6 cm³/mol. The predicted octanol–water partition coefficient (Wildman–Crippen LogP) is 2.92. The van der Waals surface area contributed by atoms with Gasteiger partial charge in [-0.2, -0.15) is 0 Å². The van der Waals surface area contributed by atoms with Gasteiger partial charge in [-0.15, -0.1) is 0 Å². The Morgan fingerprint density at radius 2 is 1.90 bits per heavy atom. The zero-order valence-corrected chi connectivity index (χ0v) is 12.2. The van der Waals surface area contributed by atoms with Crippen molar-refractivity contribution in [3.05, 3.63) is 35.8 Å². The van der Waals surface area contributed by atoms with E-state index in [1.165, 1.54) is 6.33 Å². The first-order valence-electron chi connectivity index (χ1n) is 6.43. The van der Waals surface area contributed by atoms with Crippen LogP contribution in [-0.2, 0) is 0 Å². The van der Waals surface area contributed by atoms with Crippen LogP contribution in [0.3, 0.4) is 0 Å². The molecule has 6 nitrogen and oxygen atoms in total. The lowest BCUT2D eigenvalue weighted by atomic mass is 10.2. The van der Waals surface area contributed by atoms with Crippen molar-refractivity contribution in [3.8, 4) is 0 Å². The summed E-state index contributed by atoms with van der Waals surface area (Å²) in [4.78, 5) is 12.2. The molecule has 2 aromatic heterocycles. The van der Waals surface area contributed by atoms with Gasteiger partial charge in [0.15, 0.2) is 0 Å².